The van der Waals surface area contributed by atoms with Gasteiger partial charge in [-0.2, -0.15) is 14.6 Å². The first-order valence-electron chi connectivity index (χ1n) is 6.21. The van der Waals surface area contributed by atoms with Gasteiger partial charge in [0.15, 0.2) is 0 Å². The van der Waals surface area contributed by atoms with Gasteiger partial charge in [-0.05, 0) is 13.3 Å². The van der Waals surface area contributed by atoms with Crippen molar-refractivity contribution in [3.63, 3.8) is 0 Å². The molecule has 1 atom stereocenters. The summed E-state index contributed by atoms with van der Waals surface area (Å²) in [5, 5.41) is 7.48. The van der Waals surface area contributed by atoms with Gasteiger partial charge < -0.3 is 10.1 Å². The largest absolute Gasteiger partial charge is 0.380 e. The van der Waals surface area contributed by atoms with Gasteiger partial charge in [-0.1, -0.05) is 13.3 Å². The minimum absolute atomic E-state index is 0.145. The number of nitrogens with zero attached hydrogens (tertiary/aromatic N) is 4. The van der Waals surface area contributed by atoms with Crippen molar-refractivity contribution in [2.45, 2.75) is 32.8 Å². The molecule has 0 saturated heterocycles. The van der Waals surface area contributed by atoms with E-state index >= 15 is 0 Å². The summed E-state index contributed by atoms with van der Waals surface area (Å²) in [6, 6.07) is 2.02. The summed E-state index contributed by atoms with van der Waals surface area (Å²) >= 11 is 0. The van der Waals surface area contributed by atoms with E-state index in [1.54, 1.807) is 11.6 Å². The van der Waals surface area contributed by atoms with Crippen molar-refractivity contribution in [1.82, 2.24) is 19.6 Å². The highest BCUT2D eigenvalue weighted by molar-refractivity contribution is 5.45. The van der Waals surface area contributed by atoms with Crippen molar-refractivity contribution in [3.8, 4) is 0 Å². The summed E-state index contributed by atoms with van der Waals surface area (Å²) in [5.41, 5.74) is 1.03. The van der Waals surface area contributed by atoms with Gasteiger partial charge in [-0.25, -0.2) is 4.98 Å². The molecule has 0 bridgehead atoms. The van der Waals surface area contributed by atoms with Gasteiger partial charge in [0.1, 0.15) is 12.1 Å². The molecule has 1 N–H and O–H groups in total. The van der Waals surface area contributed by atoms with Gasteiger partial charge in [-0.15, -0.1) is 0 Å². The second-order valence-corrected chi connectivity index (χ2v) is 4.28. The normalized spacial score (nSPS) is 12.8. The molecule has 2 aromatic heterocycles. The van der Waals surface area contributed by atoms with Crippen LogP contribution in [0.1, 0.15) is 26.0 Å². The summed E-state index contributed by atoms with van der Waals surface area (Å²) in [6.45, 7) is 4.87. The second-order valence-electron chi connectivity index (χ2n) is 4.28. The molecule has 1 unspecified atom stereocenters. The number of fused-ring (bicyclic) bond motifs is 1. The SMILES string of the molecule is CCCc1cc(NCC(C)OC)n2ncnc2n1. The fourth-order valence-electron chi connectivity index (χ4n) is 1.70. The maximum absolute atomic E-state index is 5.22. The van der Waals surface area contributed by atoms with Crippen molar-refractivity contribution < 1.29 is 4.74 Å². The lowest BCUT2D eigenvalue weighted by Crippen LogP contribution is -2.20. The first kappa shape index (κ1) is 12.8. The van der Waals surface area contributed by atoms with E-state index in [9.17, 15) is 0 Å². The quantitative estimate of drug-likeness (QED) is 0.841. The Kier molecular flexibility index (Phi) is 4.09. The van der Waals surface area contributed by atoms with Crippen LogP contribution in [0.5, 0.6) is 0 Å². The van der Waals surface area contributed by atoms with Gasteiger partial charge in [0.05, 0.1) is 6.10 Å². The molecule has 0 aromatic carbocycles. The number of anilines is 1. The predicted octanol–water partition coefficient (Wildman–Crippen LogP) is 1.52. The maximum Gasteiger partial charge on any atom is 0.254 e. The zero-order chi connectivity index (χ0) is 13.0. The van der Waals surface area contributed by atoms with E-state index in [-0.39, 0.29) is 6.10 Å². The van der Waals surface area contributed by atoms with Crippen molar-refractivity contribution >= 4 is 11.6 Å². The Morgan fingerprint density at radius 1 is 1.50 bits per heavy atom. The molecule has 0 saturated carbocycles. The van der Waals surface area contributed by atoms with Crippen LogP contribution in [0.25, 0.3) is 5.78 Å². The highest BCUT2D eigenvalue weighted by Gasteiger charge is 2.08. The second kappa shape index (κ2) is 5.77. The third-order valence-electron chi connectivity index (χ3n) is 2.78. The van der Waals surface area contributed by atoms with Crippen LogP contribution < -0.4 is 5.32 Å². The number of ether oxygens (including phenoxy) is 1. The fourth-order valence-corrected chi connectivity index (χ4v) is 1.70. The van der Waals surface area contributed by atoms with E-state index in [0.29, 0.717) is 5.78 Å². The van der Waals surface area contributed by atoms with E-state index in [1.807, 2.05) is 13.0 Å². The summed E-state index contributed by atoms with van der Waals surface area (Å²) < 4.78 is 6.93. The Bertz CT molecular complexity index is 510. The van der Waals surface area contributed by atoms with E-state index in [4.69, 9.17) is 4.74 Å². The van der Waals surface area contributed by atoms with Crippen LogP contribution in [-0.2, 0) is 11.2 Å². The van der Waals surface area contributed by atoms with Crippen LogP contribution in [-0.4, -0.2) is 39.3 Å². The molecule has 0 aliphatic rings. The summed E-state index contributed by atoms with van der Waals surface area (Å²) in [6.07, 6.45) is 3.66. The predicted molar refractivity (Wildman–Crippen MR) is 69.7 cm³/mol. The molecule has 2 heterocycles. The molecule has 0 radical (unpaired) electrons. The molecular formula is C12H19N5O. The van der Waals surface area contributed by atoms with Gasteiger partial charge in [-0.3, -0.25) is 0 Å². The first-order valence-corrected chi connectivity index (χ1v) is 6.21. The lowest BCUT2D eigenvalue weighted by Gasteiger charge is -2.13. The zero-order valence-electron chi connectivity index (χ0n) is 11.1. The number of rotatable bonds is 6. The van der Waals surface area contributed by atoms with E-state index < -0.39 is 0 Å². The number of hydrogen-bond donors (Lipinski definition) is 1. The molecule has 0 spiro atoms. The van der Waals surface area contributed by atoms with Gasteiger partial charge >= 0.3 is 0 Å². The third-order valence-corrected chi connectivity index (χ3v) is 2.78. The minimum Gasteiger partial charge on any atom is -0.380 e. The Balaban J connectivity index is 2.25. The summed E-state index contributed by atoms with van der Waals surface area (Å²) in [7, 11) is 1.70. The highest BCUT2D eigenvalue weighted by atomic mass is 16.5. The molecule has 6 heteroatoms. The third kappa shape index (κ3) is 2.76. The average Bonchev–Trinajstić information content (AvgIpc) is 2.84. The molecule has 0 aliphatic carbocycles. The zero-order valence-corrected chi connectivity index (χ0v) is 11.1. The minimum atomic E-state index is 0.145. The highest BCUT2D eigenvalue weighted by Crippen LogP contribution is 2.12. The van der Waals surface area contributed by atoms with E-state index in [0.717, 1.165) is 30.9 Å². The average molecular weight is 249 g/mol. The topological polar surface area (TPSA) is 64.3 Å². The summed E-state index contributed by atoms with van der Waals surface area (Å²) in [4.78, 5) is 8.59. The molecule has 0 amide bonds. The van der Waals surface area contributed by atoms with Crippen LogP contribution >= 0.6 is 0 Å². The van der Waals surface area contributed by atoms with Gasteiger partial charge in [0, 0.05) is 25.4 Å². The van der Waals surface area contributed by atoms with Crippen LogP contribution in [0.2, 0.25) is 0 Å². The molecule has 18 heavy (non-hydrogen) atoms. The standard InChI is InChI=1S/C12H19N5O/c1-4-5-10-6-11(13-7-9(2)18-3)17-12(16-10)14-8-15-17/h6,8-9,13H,4-5,7H2,1-3H3. The molecule has 98 valence electrons. The number of methoxy groups -OCH3 is 1. The lowest BCUT2D eigenvalue weighted by atomic mass is 10.2. The van der Waals surface area contributed by atoms with Crippen molar-refractivity contribution in [2.75, 3.05) is 19.0 Å². The molecule has 2 aromatic rings. The first-order chi connectivity index (χ1) is 8.74. The molecule has 6 nitrogen and oxygen atoms in total. The van der Waals surface area contributed by atoms with E-state index in [2.05, 4.69) is 27.3 Å². The van der Waals surface area contributed by atoms with Gasteiger partial charge in [0.25, 0.3) is 5.78 Å². The number of nitrogens with one attached hydrogen (secondary N) is 1. The number of aryl methyl sites for hydroxylation is 1. The molecular weight excluding hydrogens is 230 g/mol. The van der Waals surface area contributed by atoms with Gasteiger partial charge in [0.2, 0.25) is 0 Å². The number of hydrogen-bond acceptors (Lipinski definition) is 5. The lowest BCUT2D eigenvalue weighted by molar-refractivity contribution is 0.128. The van der Waals surface area contributed by atoms with Crippen LogP contribution in [0.4, 0.5) is 5.82 Å². The molecule has 0 fully saturated rings. The fraction of sp³-hybridized carbons (Fsp3) is 0.583. The van der Waals surface area contributed by atoms with E-state index in [1.165, 1.54) is 6.33 Å². The van der Waals surface area contributed by atoms with Crippen LogP contribution in [0.15, 0.2) is 12.4 Å². The monoisotopic (exact) mass is 249 g/mol. The summed E-state index contributed by atoms with van der Waals surface area (Å²) in [5.74, 6) is 1.54. The Hall–Kier alpha value is -1.69. The van der Waals surface area contributed by atoms with Crippen molar-refractivity contribution in [1.29, 1.82) is 0 Å². The Labute approximate surface area is 106 Å². The molecule has 2 rings (SSSR count). The van der Waals surface area contributed by atoms with Crippen molar-refractivity contribution in [3.05, 3.63) is 18.1 Å². The van der Waals surface area contributed by atoms with Crippen LogP contribution in [0.3, 0.4) is 0 Å². The van der Waals surface area contributed by atoms with Crippen molar-refractivity contribution in [2.24, 2.45) is 0 Å². The maximum atomic E-state index is 5.22. The molecule has 0 aliphatic heterocycles. The Morgan fingerprint density at radius 2 is 2.33 bits per heavy atom. The van der Waals surface area contributed by atoms with Crippen LogP contribution in [0, 0.1) is 0 Å². The Morgan fingerprint density at radius 3 is 3.06 bits per heavy atom. The smallest absolute Gasteiger partial charge is 0.254 e. The number of aromatic nitrogens is 4.